The van der Waals surface area contributed by atoms with Gasteiger partial charge in [-0.1, -0.05) is 13.8 Å². The predicted octanol–water partition coefficient (Wildman–Crippen LogP) is 2.05. The minimum absolute atomic E-state index is 0.725. The molecule has 0 aliphatic carbocycles. The van der Waals surface area contributed by atoms with E-state index in [9.17, 15) is 0 Å². The molecule has 0 atom stereocenters. The van der Waals surface area contributed by atoms with Gasteiger partial charge in [0.25, 0.3) is 0 Å². The van der Waals surface area contributed by atoms with E-state index >= 15 is 0 Å². The van der Waals surface area contributed by atoms with Gasteiger partial charge in [-0.15, -0.1) is 0 Å². The van der Waals surface area contributed by atoms with E-state index in [4.69, 9.17) is 0 Å². The van der Waals surface area contributed by atoms with Crippen molar-refractivity contribution in [3.8, 4) is 0 Å². The van der Waals surface area contributed by atoms with Crippen LogP contribution in [0.25, 0.3) is 0 Å². The van der Waals surface area contributed by atoms with Gasteiger partial charge in [-0.3, -0.25) is 4.68 Å². The fraction of sp³-hybridized carbons (Fsp3) is 0.600. The number of hydrogen-bond donors (Lipinski definition) is 1. The van der Waals surface area contributed by atoms with Crippen molar-refractivity contribution in [1.29, 1.82) is 0 Å². The molecule has 0 radical (unpaired) electrons. The zero-order valence-electron chi connectivity index (χ0n) is 13.3. The van der Waals surface area contributed by atoms with E-state index in [1.807, 2.05) is 23.3 Å². The first-order valence-corrected chi connectivity index (χ1v) is 7.75. The fourth-order valence-electron chi connectivity index (χ4n) is 2.34. The number of likely N-dealkylation sites (N-methyl/N-ethyl adjacent to an activating group) is 1. The molecule has 0 aromatic carbocycles. The summed E-state index contributed by atoms with van der Waals surface area (Å²) in [5.41, 5.74) is 1.04. The van der Waals surface area contributed by atoms with Crippen LogP contribution in [-0.2, 0) is 19.6 Å². The van der Waals surface area contributed by atoms with Crippen molar-refractivity contribution >= 4 is 5.69 Å². The Morgan fingerprint density at radius 1 is 1.24 bits per heavy atom. The van der Waals surface area contributed by atoms with Gasteiger partial charge in [-0.2, -0.15) is 5.10 Å². The fourth-order valence-corrected chi connectivity index (χ4v) is 2.34. The Kier molecular flexibility index (Phi) is 5.80. The van der Waals surface area contributed by atoms with Crippen molar-refractivity contribution in [2.75, 3.05) is 25.0 Å². The van der Waals surface area contributed by atoms with Crippen molar-refractivity contribution in [3.63, 3.8) is 0 Å². The van der Waals surface area contributed by atoms with Crippen LogP contribution in [0.3, 0.4) is 0 Å². The van der Waals surface area contributed by atoms with Crippen molar-refractivity contribution in [2.45, 2.75) is 40.4 Å². The van der Waals surface area contributed by atoms with Crippen LogP contribution in [0.2, 0.25) is 0 Å². The molecule has 0 fully saturated rings. The van der Waals surface area contributed by atoms with E-state index in [0.29, 0.717) is 0 Å². The molecule has 2 rings (SSSR count). The highest BCUT2D eigenvalue weighted by Crippen LogP contribution is 2.07. The van der Waals surface area contributed by atoms with E-state index < -0.39 is 0 Å². The highest BCUT2D eigenvalue weighted by molar-refractivity contribution is 5.38. The van der Waals surface area contributed by atoms with Crippen LogP contribution in [0.1, 0.15) is 26.6 Å². The van der Waals surface area contributed by atoms with E-state index in [-0.39, 0.29) is 0 Å². The Labute approximate surface area is 126 Å². The lowest BCUT2D eigenvalue weighted by molar-refractivity contribution is 0.285. The lowest BCUT2D eigenvalue weighted by atomic mass is 10.4. The standard InChI is InChI=1S/C15H26N6/c1-4-19(5-2)9-10-21-13-14(11-18-21)17-12-15-16-7-8-20(15)6-3/h7-8,11,13,17H,4-6,9-10,12H2,1-3H3. The Bertz CT molecular complexity index is 526. The SMILES string of the molecule is CCN(CC)CCn1cc(NCc2nccn2CC)cn1. The van der Waals surface area contributed by atoms with E-state index in [0.717, 1.165) is 50.8 Å². The molecule has 116 valence electrons. The predicted molar refractivity (Wildman–Crippen MR) is 85.2 cm³/mol. The smallest absolute Gasteiger partial charge is 0.128 e. The number of rotatable bonds is 9. The first kappa shape index (κ1) is 15.6. The summed E-state index contributed by atoms with van der Waals surface area (Å²) in [4.78, 5) is 6.75. The van der Waals surface area contributed by atoms with Crippen molar-refractivity contribution in [2.24, 2.45) is 0 Å². The summed E-state index contributed by atoms with van der Waals surface area (Å²) in [6.45, 7) is 12.3. The van der Waals surface area contributed by atoms with Crippen LogP contribution in [-0.4, -0.2) is 43.9 Å². The third kappa shape index (κ3) is 4.32. The van der Waals surface area contributed by atoms with Gasteiger partial charge in [0.05, 0.1) is 25.0 Å². The van der Waals surface area contributed by atoms with Gasteiger partial charge in [-0.05, 0) is 20.0 Å². The molecule has 0 spiro atoms. The Morgan fingerprint density at radius 2 is 2.05 bits per heavy atom. The van der Waals surface area contributed by atoms with E-state index in [1.165, 1.54) is 0 Å². The van der Waals surface area contributed by atoms with Gasteiger partial charge in [0.15, 0.2) is 0 Å². The second kappa shape index (κ2) is 7.83. The molecule has 6 heteroatoms. The van der Waals surface area contributed by atoms with Gasteiger partial charge in [0, 0.05) is 31.7 Å². The summed E-state index contributed by atoms with van der Waals surface area (Å²) >= 11 is 0. The van der Waals surface area contributed by atoms with Crippen LogP contribution in [0, 0.1) is 0 Å². The lowest BCUT2D eigenvalue weighted by Crippen LogP contribution is -2.27. The number of aromatic nitrogens is 4. The molecule has 6 nitrogen and oxygen atoms in total. The summed E-state index contributed by atoms with van der Waals surface area (Å²) in [7, 11) is 0. The number of nitrogens with zero attached hydrogens (tertiary/aromatic N) is 5. The van der Waals surface area contributed by atoms with Crippen LogP contribution in [0.5, 0.6) is 0 Å². The van der Waals surface area contributed by atoms with Crippen molar-refractivity contribution in [3.05, 3.63) is 30.6 Å². The molecule has 21 heavy (non-hydrogen) atoms. The number of aryl methyl sites for hydroxylation is 1. The van der Waals surface area contributed by atoms with Gasteiger partial charge >= 0.3 is 0 Å². The number of imidazole rings is 1. The Hall–Kier alpha value is -1.82. The first-order valence-electron chi connectivity index (χ1n) is 7.75. The minimum atomic E-state index is 0.725. The monoisotopic (exact) mass is 290 g/mol. The second-order valence-electron chi connectivity index (χ2n) is 5.00. The maximum Gasteiger partial charge on any atom is 0.128 e. The summed E-state index contributed by atoms with van der Waals surface area (Å²) in [5.74, 6) is 1.05. The molecule has 0 unspecified atom stereocenters. The molecule has 0 amide bonds. The average molecular weight is 290 g/mol. The van der Waals surface area contributed by atoms with Gasteiger partial charge < -0.3 is 14.8 Å². The minimum Gasteiger partial charge on any atom is -0.375 e. The molecule has 2 aromatic rings. The molecule has 0 aliphatic heterocycles. The highest BCUT2D eigenvalue weighted by Gasteiger charge is 2.04. The third-order valence-corrected chi connectivity index (χ3v) is 3.77. The number of nitrogens with one attached hydrogen (secondary N) is 1. The normalized spacial score (nSPS) is 11.2. The maximum atomic E-state index is 4.40. The van der Waals surface area contributed by atoms with E-state index in [1.54, 1.807) is 0 Å². The van der Waals surface area contributed by atoms with E-state index in [2.05, 4.69) is 51.8 Å². The van der Waals surface area contributed by atoms with Crippen LogP contribution in [0.15, 0.2) is 24.8 Å². The quantitative estimate of drug-likeness (QED) is 0.768. The number of anilines is 1. The van der Waals surface area contributed by atoms with Crippen LogP contribution >= 0.6 is 0 Å². The van der Waals surface area contributed by atoms with Gasteiger partial charge in [0.1, 0.15) is 5.82 Å². The first-order chi connectivity index (χ1) is 10.3. The molecule has 0 saturated carbocycles. The Balaban J connectivity index is 1.83. The zero-order chi connectivity index (χ0) is 15.1. The summed E-state index contributed by atoms with van der Waals surface area (Å²) < 4.78 is 4.13. The topological polar surface area (TPSA) is 50.9 Å². The molecule has 0 bridgehead atoms. The number of hydrogen-bond acceptors (Lipinski definition) is 4. The van der Waals surface area contributed by atoms with Crippen molar-refractivity contribution in [1.82, 2.24) is 24.2 Å². The van der Waals surface area contributed by atoms with Gasteiger partial charge in [-0.25, -0.2) is 4.98 Å². The second-order valence-corrected chi connectivity index (χ2v) is 5.00. The highest BCUT2D eigenvalue weighted by atomic mass is 15.3. The van der Waals surface area contributed by atoms with Gasteiger partial charge in [0.2, 0.25) is 0 Å². The molecule has 0 aliphatic rings. The van der Waals surface area contributed by atoms with Crippen LogP contribution in [0.4, 0.5) is 5.69 Å². The molecular formula is C15H26N6. The summed E-state index contributed by atoms with van der Waals surface area (Å²) in [6.07, 6.45) is 7.78. The average Bonchev–Trinajstić information content (AvgIpc) is 3.14. The molecule has 2 aromatic heterocycles. The molecule has 1 N–H and O–H groups in total. The maximum absolute atomic E-state index is 4.40. The molecule has 2 heterocycles. The van der Waals surface area contributed by atoms with Crippen LogP contribution < -0.4 is 5.32 Å². The van der Waals surface area contributed by atoms with Crippen molar-refractivity contribution < 1.29 is 0 Å². The molecule has 0 saturated heterocycles. The zero-order valence-corrected chi connectivity index (χ0v) is 13.3. The molecular weight excluding hydrogens is 264 g/mol. The Morgan fingerprint density at radius 3 is 2.76 bits per heavy atom. The largest absolute Gasteiger partial charge is 0.375 e. The third-order valence-electron chi connectivity index (χ3n) is 3.77. The summed E-state index contributed by atoms with van der Waals surface area (Å²) in [5, 5.41) is 7.78. The summed E-state index contributed by atoms with van der Waals surface area (Å²) in [6, 6.07) is 0. The lowest BCUT2D eigenvalue weighted by Gasteiger charge is -2.17.